The van der Waals surface area contributed by atoms with E-state index in [4.69, 9.17) is 4.11 Å². The molecular formula is C112H174N5+5. The average molecular weight is 1590 g/mol. The number of nitrogens with zero attached hydrogens (tertiary/aromatic N) is 5. The first kappa shape index (κ1) is 101. The van der Waals surface area contributed by atoms with Gasteiger partial charge in [-0.05, 0) is 272 Å². The van der Waals surface area contributed by atoms with Crippen LogP contribution >= 0.6 is 0 Å². The van der Waals surface area contributed by atoms with E-state index in [1.807, 2.05) is 13.0 Å². The van der Waals surface area contributed by atoms with Crippen LogP contribution in [0.25, 0.3) is 56.3 Å². The second-order valence-corrected chi connectivity index (χ2v) is 35.0. The molecule has 642 valence electrons. The molecular weight excluding hydrogens is 1420 g/mol. The van der Waals surface area contributed by atoms with Crippen molar-refractivity contribution in [2.24, 2.45) is 35.2 Å². The first-order chi connectivity index (χ1) is 54.0. The molecule has 0 fully saturated rings. The lowest BCUT2D eigenvalue weighted by Crippen LogP contribution is -2.38. The van der Waals surface area contributed by atoms with Gasteiger partial charge in [0.1, 0.15) is 35.2 Å². The van der Waals surface area contributed by atoms with Gasteiger partial charge in [0.15, 0.2) is 31.0 Å². The Bertz CT molecular complexity index is 4790. The summed E-state index contributed by atoms with van der Waals surface area (Å²) < 4.78 is 34.1. The van der Waals surface area contributed by atoms with Gasteiger partial charge in [0, 0.05) is 90.1 Å². The quantitative estimate of drug-likeness (QED) is 0.0569. The maximum Gasteiger partial charge on any atom is 0.212 e. The summed E-state index contributed by atoms with van der Waals surface area (Å²) in [5.74, 6) is 0. The standard InChI is InChI=1S/C25H38N.2C21H30N.2C20H28N.5CH4/c1-9-24(6,10-2)21-17-23(20-16-14-13-15-19(20)5)26(8)18-22(21)25(7,11-3)12-4;2*1-8-21(6,9-2)19-14-22(7)20(13-17(19)5)18-11-10-15(3)12-16(18)4;2*1-7-20(5,8-2)18-14-21(6)19(13-16(18)4)17-12-10-9-11-15(17)3;;;;;/h13-18H,9-12H2,1-8H3;2*10-14H,8-9H2,1-7H3;2*9-14H,7-8H2,1-6H3;5*1H4/q5*+1;;;;;/i;3D3;;;;;;;;. The van der Waals surface area contributed by atoms with E-state index in [0.29, 0.717) is 5.56 Å². The van der Waals surface area contributed by atoms with E-state index in [2.05, 4.69) is 397 Å². The highest BCUT2D eigenvalue weighted by Crippen LogP contribution is 2.44. The van der Waals surface area contributed by atoms with Gasteiger partial charge in [0.05, 0.1) is 0 Å². The van der Waals surface area contributed by atoms with E-state index < -0.39 is 6.85 Å². The molecule has 0 aliphatic carbocycles. The van der Waals surface area contributed by atoms with Crippen molar-refractivity contribution in [2.75, 3.05) is 0 Å². The topological polar surface area (TPSA) is 19.4 Å². The molecule has 5 aromatic heterocycles. The van der Waals surface area contributed by atoms with Crippen LogP contribution in [0.1, 0.15) is 338 Å². The third-order valence-electron chi connectivity index (χ3n) is 27.9. The lowest BCUT2D eigenvalue weighted by molar-refractivity contribution is -0.661. The zero-order valence-corrected chi connectivity index (χ0v) is 76.9. The maximum absolute atomic E-state index is 7.59. The molecule has 0 saturated heterocycles. The van der Waals surface area contributed by atoms with E-state index in [-0.39, 0.29) is 69.6 Å². The fourth-order valence-electron chi connectivity index (χ4n) is 16.9. The molecule has 0 spiro atoms. The van der Waals surface area contributed by atoms with E-state index >= 15 is 0 Å². The summed E-state index contributed by atoms with van der Waals surface area (Å²) >= 11 is 0. The molecule has 5 nitrogen and oxygen atoms in total. The van der Waals surface area contributed by atoms with Gasteiger partial charge in [0.2, 0.25) is 28.5 Å². The largest absolute Gasteiger partial charge is 0.212 e. The van der Waals surface area contributed by atoms with Crippen LogP contribution in [0.3, 0.4) is 0 Å². The summed E-state index contributed by atoms with van der Waals surface area (Å²) in [6, 6.07) is 49.9. The molecule has 0 radical (unpaired) electrons. The molecule has 5 heteroatoms. The van der Waals surface area contributed by atoms with Gasteiger partial charge in [-0.1, -0.05) is 252 Å². The third kappa shape index (κ3) is 24.3. The molecule has 0 amide bonds. The Kier molecular flexibility index (Phi) is 39.7. The Morgan fingerprint density at radius 3 is 0.650 bits per heavy atom. The van der Waals surface area contributed by atoms with Crippen molar-refractivity contribution in [1.29, 1.82) is 0 Å². The minimum Gasteiger partial charge on any atom is -0.201 e. The van der Waals surface area contributed by atoms with Crippen molar-refractivity contribution in [3.63, 3.8) is 0 Å². The zero-order valence-electron chi connectivity index (χ0n) is 79.9. The lowest BCUT2D eigenvalue weighted by atomic mass is 9.68. The van der Waals surface area contributed by atoms with Gasteiger partial charge in [-0.2, -0.15) is 0 Å². The summed E-state index contributed by atoms with van der Waals surface area (Å²) in [6.45, 7) is 61.7. The molecule has 0 unspecified atom stereocenters. The molecule has 10 rings (SSSR count). The second kappa shape index (κ2) is 45.9. The first-order valence-corrected chi connectivity index (χ1v) is 42.9. The summed E-state index contributed by atoms with van der Waals surface area (Å²) in [6.07, 6.45) is 25.6. The number of rotatable bonds is 23. The molecule has 10 aromatic rings. The number of aryl methyl sites for hydroxylation is 16. The van der Waals surface area contributed by atoms with Gasteiger partial charge in [-0.25, -0.2) is 22.8 Å². The Morgan fingerprint density at radius 2 is 0.419 bits per heavy atom. The summed E-state index contributed by atoms with van der Waals surface area (Å²) in [7, 11) is 10.8. The van der Waals surface area contributed by atoms with Crippen LogP contribution in [-0.2, 0) is 67.7 Å². The third-order valence-corrected chi connectivity index (χ3v) is 27.9. The van der Waals surface area contributed by atoms with Crippen LogP contribution in [-0.4, -0.2) is 0 Å². The van der Waals surface area contributed by atoms with Crippen molar-refractivity contribution in [3.05, 3.63) is 265 Å². The number of benzene rings is 5. The van der Waals surface area contributed by atoms with Gasteiger partial charge in [-0.3, -0.25) is 0 Å². The minimum absolute atomic E-state index is 0. The van der Waals surface area contributed by atoms with E-state index in [9.17, 15) is 0 Å². The Balaban J connectivity index is 0.000000744. The molecule has 0 aliphatic heterocycles. The normalized spacial score (nSPS) is 11.9. The summed E-state index contributed by atoms with van der Waals surface area (Å²) in [5.41, 5.74) is 36.6. The maximum atomic E-state index is 7.59. The molecule has 0 atom stereocenters. The molecule has 117 heavy (non-hydrogen) atoms. The van der Waals surface area contributed by atoms with Crippen molar-refractivity contribution >= 4 is 0 Å². The van der Waals surface area contributed by atoms with Crippen molar-refractivity contribution in [3.8, 4) is 56.3 Å². The highest BCUT2D eigenvalue weighted by Gasteiger charge is 2.38. The van der Waals surface area contributed by atoms with Crippen LogP contribution in [0, 0.1) is 76.1 Å². The Morgan fingerprint density at radius 1 is 0.222 bits per heavy atom. The Hall–Kier alpha value is -8.15. The average Bonchev–Trinajstić information content (AvgIpc) is 0.754. The highest BCUT2D eigenvalue weighted by atomic mass is 14.9. The first-order valence-electron chi connectivity index (χ1n) is 44.4. The van der Waals surface area contributed by atoms with Gasteiger partial charge in [0.25, 0.3) is 0 Å². The lowest BCUT2D eigenvalue weighted by Gasteiger charge is -2.36. The highest BCUT2D eigenvalue weighted by molar-refractivity contribution is 5.66. The van der Waals surface area contributed by atoms with E-state index in [0.717, 1.165) is 29.7 Å². The summed E-state index contributed by atoms with van der Waals surface area (Å²) in [4.78, 5) is 0. The smallest absolute Gasteiger partial charge is 0.201 e. The predicted molar refractivity (Wildman–Crippen MR) is 519 cm³/mol. The molecule has 5 heterocycles. The van der Waals surface area contributed by atoms with Crippen LogP contribution < -0.4 is 22.8 Å². The van der Waals surface area contributed by atoms with Crippen molar-refractivity contribution in [1.82, 2.24) is 0 Å². The molecule has 0 N–H and O–H groups in total. The van der Waals surface area contributed by atoms with Crippen LogP contribution in [0.15, 0.2) is 171 Å². The fourth-order valence-corrected chi connectivity index (χ4v) is 16.9. The monoisotopic (exact) mass is 1590 g/mol. The fraction of sp³-hybridized carbons (Fsp3) is 0.509. The molecule has 5 aromatic carbocycles. The van der Waals surface area contributed by atoms with Crippen LogP contribution in [0.2, 0.25) is 0 Å². The van der Waals surface area contributed by atoms with Gasteiger partial charge >= 0.3 is 0 Å². The van der Waals surface area contributed by atoms with Crippen LogP contribution in [0.4, 0.5) is 0 Å². The SMILES string of the molecule is C.C.C.C.C.CCC(C)(CC)c1c[n+](C)c(-c2ccc(C)cc2C)cc1C.CCC(C)(CC)c1c[n+](C)c(-c2ccccc2C)cc1C.CCC(C)(CC)c1c[n+](C)c(-c2ccccc2C)cc1C.CCC(C)(CC)c1cc(-c2ccccc2C)[n+](C)cc1C(C)(CC)CC.[2H]C([2H])([2H])c1ccc(-c2cc(C)c(C(C)(CC)CC)c[n+]2C)c(C)c1. The minimum atomic E-state index is -2.06. The second-order valence-electron chi connectivity index (χ2n) is 35.0. The number of hydrogen-bond donors (Lipinski definition) is 0. The van der Waals surface area contributed by atoms with Crippen molar-refractivity contribution < 1.29 is 26.9 Å². The number of aromatic nitrogens is 5. The number of pyridine rings is 5. The predicted octanol–water partition coefficient (Wildman–Crippen LogP) is 29.9. The van der Waals surface area contributed by atoms with Gasteiger partial charge < -0.3 is 0 Å². The molecule has 0 saturated carbocycles. The zero-order chi connectivity index (χ0) is 86.3. The van der Waals surface area contributed by atoms with Crippen molar-refractivity contribution in [2.45, 2.75) is 347 Å². The summed E-state index contributed by atoms with van der Waals surface area (Å²) in [5, 5.41) is 0. The number of hydrogen-bond acceptors (Lipinski definition) is 0. The van der Waals surface area contributed by atoms with E-state index in [1.165, 1.54) is 187 Å². The molecule has 0 aliphatic rings. The van der Waals surface area contributed by atoms with Crippen LogP contribution in [0.5, 0.6) is 0 Å². The molecule has 0 bridgehead atoms. The van der Waals surface area contributed by atoms with E-state index in [1.54, 1.807) is 17.7 Å². The Labute approximate surface area is 726 Å². The van der Waals surface area contributed by atoms with Gasteiger partial charge in [-0.15, -0.1) is 0 Å².